The van der Waals surface area contributed by atoms with Crippen LogP contribution in [0.4, 0.5) is 0 Å². The second-order valence-corrected chi connectivity index (χ2v) is 11.2. The first-order valence-corrected chi connectivity index (χ1v) is 14.6. The largest absolute Gasteiger partial charge is 0.370 e. The van der Waals surface area contributed by atoms with E-state index in [1.807, 2.05) is 65.6 Å². The summed E-state index contributed by atoms with van der Waals surface area (Å²) in [6.45, 7) is 1.42. The first-order valence-electron chi connectivity index (χ1n) is 13.5. The van der Waals surface area contributed by atoms with Crippen LogP contribution in [-0.2, 0) is 14.4 Å². The average Bonchev–Trinajstić information content (AvgIpc) is 3.12. The third kappa shape index (κ3) is 8.76. The zero-order valence-corrected chi connectivity index (χ0v) is 24.5. The van der Waals surface area contributed by atoms with E-state index in [9.17, 15) is 14.4 Å². The van der Waals surface area contributed by atoms with Gasteiger partial charge >= 0.3 is 0 Å². The quantitative estimate of drug-likeness (QED) is 0.215. The molecule has 0 unspecified atom stereocenters. The van der Waals surface area contributed by atoms with Crippen molar-refractivity contribution in [3.05, 3.63) is 111 Å². The van der Waals surface area contributed by atoms with Crippen molar-refractivity contribution in [2.45, 2.75) is 37.3 Å². The number of rotatable bonds is 11. The third-order valence-corrected chi connectivity index (χ3v) is 7.82. The highest BCUT2D eigenvalue weighted by Gasteiger charge is 2.32. The van der Waals surface area contributed by atoms with Crippen LogP contribution in [0.3, 0.4) is 0 Å². The second-order valence-electron chi connectivity index (χ2n) is 10.00. The maximum atomic E-state index is 13.7. The van der Waals surface area contributed by atoms with Crippen LogP contribution in [0.1, 0.15) is 41.9 Å². The number of amides is 3. The minimum Gasteiger partial charge on any atom is -0.370 e. The van der Waals surface area contributed by atoms with E-state index < -0.39 is 11.9 Å². The van der Waals surface area contributed by atoms with Gasteiger partial charge in [-0.2, -0.15) is 0 Å². The van der Waals surface area contributed by atoms with Gasteiger partial charge in [-0.05, 0) is 70.3 Å². The van der Waals surface area contributed by atoms with Gasteiger partial charge in [0.1, 0.15) is 0 Å². The number of nitrogens with zero attached hydrogens (tertiary/aromatic N) is 1. The summed E-state index contributed by atoms with van der Waals surface area (Å²) in [7, 11) is 0. The van der Waals surface area contributed by atoms with Crippen molar-refractivity contribution in [3.63, 3.8) is 0 Å². The van der Waals surface area contributed by atoms with Crippen LogP contribution in [0, 0.1) is 3.57 Å². The van der Waals surface area contributed by atoms with Gasteiger partial charge < -0.3 is 21.3 Å². The summed E-state index contributed by atoms with van der Waals surface area (Å²) in [5.74, 6) is -0.687. The fraction of sp³-hybridized carbons (Fsp3) is 0.281. The molecule has 0 bridgehead atoms. The number of hydrogen-bond donors (Lipinski definition) is 3. The van der Waals surface area contributed by atoms with Gasteiger partial charge in [-0.1, -0.05) is 72.8 Å². The van der Waals surface area contributed by atoms with Crippen molar-refractivity contribution in [2.24, 2.45) is 5.73 Å². The summed E-state index contributed by atoms with van der Waals surface area (Å²) in [6, 6.07) is 27.6. The highest BCUT2D eigenvalue weighted by atomic mass is 127. The molecular formula is C32H35IN4O3. The Morgan fingerprint density at radius 1 is 1.00 bits per heavy atom. The van der Waals surface area contributed by atoms with Crippen molar-refractivity contribution in [1.29, 1.82) is 0 Å². The van der Waals surface area contributed by atoms with Crippen LogP contribution in [0.15, 0.2) is 91.0 Å². The predicted molar refractivity (Wildman–Crippen MR) is 166 cm³/mol. The van der Waals surface area contributed by atoms with Crippen LogP contribution in [0.2, 0.25) is 0 Å². The standard InChI is InChI=1S/C32H35IN4O3/c33-26-14-11-23(12-15-26)13-18-31(39)35-21-27-19-20-37(32(40)29(36-27)16-17-30(34)38)22-28(24-7-3-1-4-8-24)25-9-5-2-6-10-25/h1-15,18,27-29,36H,16-17,19-22H2,(H2,34,38)(H,35,39)/b18-13+/t27-,29-/m0/s1. The Kier molecular flexibility index (Phi) is 10.9. The molecule has 1 fully saturated rings. The number of carbonyl (C=O) groups excluding carboxylic acids is 3. The molecule has 3 aromatic carbocycles. The van der Waals surface area contributed by atoms with E-state index in [0.29, 0.717) is 32.5 Å². The molecule has 1 aliphatic heterocycles. The van der Waals surface area contributed by atoms with E-state index in [0.717, 1.165) is 20.3 Å². The maximum Gasteiger partial charge on any atom is 0.244 e. The second kappa shape index (κ2) is 14.8. The first kappa shape index (κ1) is 29.5. The Bertz CT molecular complexity index is 1260. The first-order chi connectivity index (χ1) is 19.4. The third-order valence-electron chi connectivity index (χ3n) is 7.10. The van der Waals surface area contributed by atoms with Gasteiger partial charge in [0, 0.05) is 47.7 Å². The number of nitrogens with two attached hydrogens (primary N) is 1. The zero-order chi connectivity index (χ0) is 28.3. The fourth-order valence-corrected chi connectivity index (χ4v) is 5.30. The summed E-state index contributed by atoms with van der Waals surface area (Å²) in [5, 5.41) is 6.36. The Hall–Kier alpha value is -3.50. The molecule has 4 rings (SSSR count). The maximum absolute atomic E-state index is 13.7. The van der Waals surface area contributed by atoms with Crippen LogP contribution >= 0.6 is 22.6 Å². The van der Waals surface area contributed by atoms with Crippen molar-refractivity contribution in [1.82, 2.24) is 15.5 Å². The minimum absolute atomic E-state index is 0.00537. The lowest BCUT2D eigenvalue weighted by molar-refractivity contribution is -0.133. The molecule has 0 saturated carbocycles. The molecule has 1 heterocycles. The Morgan fingerprint density at radius 2 is 1.62 bits per heavy atom. The van der Waals surface area contributed by atoms with Crippen molar-refractivity contribution >= 4 is 46.4 Å². The Balaban J connectivity index is 1.46. The molecule has 0 aromatic heterocycles. The highest BCUT2D eigenvalue weighted by molar-refractivity contribution is 14.1. The Morgan fingerprint density at radius 3 is 2.23 bits per heavy atom. The lowest BCUT2D eigenvalue weighted by atomic mass is 9.90. The minimum atomic E-state index is -0.563. The van der Waals surface area contributed by atoms with E-state index in [1.165, 1.54) is 6.08 Å². The topological polar surface area (TPSA) is 105 Å². The predicted octanol–water partition coefficient (Wildman–Crippen LogP) is 4.08. The van der Waals surface area contributed by atoms with Crippen molar-refractivity contribution in [2.75, 3.05) is 19.6 Å². The van der Waals surface area contributed by atoms with E-state index in [2.05, 4.69) is 57.5 Å². The number of nitrogens with one attached hydrogen (secondary N) is 2. The van der Waals surface area contributed by atoms with Gasteiger partial charge in [-0.3, -0.25) is 14.4 Å². The molecule has 0 radical (unpaired) electrons. The molecule has 40 heavy (non-hydrogen) atoms. The molecular weight excluding hydrogens is 615 g/mol. The van der Waals surface area contributed by atoms with E-state index in [-0.39, 0.29) is 30.2 Å². The Labute approximate surface area is 249 Å². The average molecular weight is 651 g/mol. The number of primary amides is 1. The molecule has 0 spiro atoms. The van der Waals surface area contributed by atoms with Crippen molar-refractivity contribution < 1.29 is 14.4 Å². The molecule has 1 aliphatic rings. The van der Waals surface area contributed by atoms with Gasteiger partial charge in [-0.25, -0.2) is 0 Å². The van der Waals surface area contributed by atoms with Crippen LogP contribution < -0.4 is 16.4 Å². The summed E-state index contributed by atoms with van der Waals surface area (Å²) in [4.78, 5) is 39.7. The number of benzene rings is 3. The van der Waals surface area contributed by atoms with Gasteiger partial charge in [0.15, 0.2) is 0 Å². The van der Waals surface area contributed by atoms with Gasteiger partial charge in [-0.15, -0.1) is 0 Å². The normalized spacial score (nSPS) is 17.6. The van der Waals surface area contributed by atoms with E-state index in [4.69, 9.17) is 5.73 Å². The van der Waals surface area contributed by atoms with Crippen LogP contribution in [0.5, 0.6) is 0 Å². The monoisotopic (exact) mass is 650 g/mol. The number of carbonyl (C=O) groups is 3. The highest BCUT2D eigenvalue weighted by Crippen LogP contribution is 2.27. The van der Waals surface area contributed by atoms with Gasteiger partial charge in [0.25, 0.3) is 0 Å². The molecule has 2 atom stereocenters. The summed E-state index contributed by atoms with van der Waals surface area (Å²) < 4.78 is 1.13. The molecule has 0 aliphatic carbocycles. The smallest absolute Gasteiger partial charge is 0.244 e. The van der Waals surface area contributed by atoms with Gasteiger partial charge in [0.2, 0.25) is 17.7 Å². The molecule has 1 saturated heterocycles. The molecule has 4 N–H and O–H groups in total. The van der Waals surface area contributed by atoms with Gasteiger partial charge in [0.05, 0.1) is 6.04 Å². The number of halogens is 1. The summed E-state index contributed by atoms with van der Waals surface area (Å²) in [6.07, 6.45) is 4.38. The fourth-order valence-electron chi connectivity index (χ4n) is 4.94. The zero-order valence-electron chi connectivity index (χ0n) is 22.3. The molecule has 8 heteroatoms. The summed E-state index contributed by atoms with van der Waals surface area (Å²) in [5.41, 5.74) is 8.64. The molecule has 3 aromatic rings. The number of hydrogen-bond acceptors (Lipinski definition) is 4. The molecule has 208 valence electrons. The summed E-state index contributed by atoms with van der Waals surface area (Å²) >= 11 is 2.24. The van der Waals surface area contributed by atoms with Crippen molar-refractivity contribution in [3.8, 4) is 0 Å². The lowest BCUT2D eigenvalue weighted by Gasteiger charge is -2.29. The molecule has 3 amide bonds. The lowest BCUT2D eigenvalue weighted by Crippen LogP contribution is -2.49. The van der Waals surface area contributed by atoms with E-state index >= 15 is 0 Å². The SMILES string of the molecule is NC(=O)CC[C@@H]1N[C@H](CNC(=O)/C=C/c2ccc(I)cc2)CCN(CC(c2ccccc2)c2ccccc2)C1=O. The van der Waals surface area contributed by atoms with E-state index in [1.54, 1.807) is 6.08 Å². The molecule has 7 nitrogen and oxygen atoms in total. The van der Waals surface area contributed by atoms with Crippen LogP contribution in [0.25, 0.3) is 6.08 Å². The van der Waals surface area contributed by atoms with Crippen LogP contribution in [-0.4, -0.2) is 54.3 Å².